The van der Waals surface area contributed by atoms with Crippen molar-refractivity contribution in [2.24, 2.45) is 17.2 Å². The van der Waals surface area contributed by atoms with Crippen LogP contribution in [-0.4, -0.2) is 75.5 Å². The van der Waals surface area contributed by atoms with Gasteiger partial charge in [0.15, 0.2) is 0 Å². The van der Waals surface area contributed by atoms with Crippen molar-refractivity contribution in [3.8, 4) is 0 Å². The van der Waals surface area contributed by atoms with Crippen molar-refractivity contribution in [2.75, 3.05) is 5.75 Å². The molecule has 1 aromatic carbocycles. The number of carbonyl (C=O) groups excluding carboxylic acids is 5. The lowest BCUT2D eigenvalue weighted by Gasteiger charge is -2.24. The number of rotatable bonds is 14. The Morgan fingerprint density at radius 3 is 2.03 bits per heavy atom. The number of carboxylic acids is 1. The van der Waals surface area contributed by atoms with Gasteiger partial charge in [-0.15, -0.1) is 0 Å². The lowest BCUT2D eigenvalue weighted by atomic mass is 10.0. The molecule has 4 atom stereocenters. The summed E-state index contributed by atoms with van der Waals surface area (Å²) < 4.78 is 0. The van der Waals surface area contributed by atoms with Crippen molar-refractivity contribution in [2.45, 2.75) is 43.4 Å². The van der Waals surface area contributed by atoms with E-state index in [0.29, 0.717) is 5.56 Å². The van der Waals surface area contributed by atoms with Crippen molar-refractivity contribution in [1.82, 2.24) is 20.9 Å². The second kappa shape index (κ2) is 13.3. The van der Waals surface area contributed by atoms with E-state index in [9.17, 15) is 33.9 Å². The molecule has 0 radical (unpaired) electrons. The zero-order chi connectivity index (χ0) is 27.7. The number of primary amides is 2. The molecule has 0 saturated heterocycles. The van der Waals surface area contributed by atoms with Crippen LogP contribution in [0.25, 0.3) is 10.9 Å². The predicted octanol–water partition coefficient (Wildman–Crippen LogP) is -2.74. The second-order valence-electron chi connectivity index (χ2n) is 8.22. The number of para-hydroxylation sites is 1. The number of H-pyrrole nitrogens is 1. The quantitative estimate of drug-likeness (QED) is 0.114. The Kier molecular flexibility index (Phi) is 10.4. The number of hydrogen-bond acceptors (Lipinski definition) is 8. The van der Waals surface area contributed by atoms with E-state index < -0.39 is 72.5 Å². The highest BCUT2D eigenvalue weighted by Crippen LogP contribution is 2.19. The van der Waals surface area contributed by atoms with Crippen molar-refractivity contribution < 1.29 is 33.9 Å². The van der Waals surface area contributed by atoms with E-state index in [0.717, 1.165) is 10.9 Å². The number of aromatic nitrogens is 1. The molecule has 0 fully saturated rings. The first kappa shape index (κ1) is 29.1. The molecule has 0 aliphatic heterocycles. The molecule has 5 amide bonds. The molecule has 4 unspecified atom stereocenters. The molecular weight excluding hydrogens is 506 g/mol. The minimum Gasteiger partial charge on any atom is -0.480 e. The molecule has 0 bridgehead atoms. The Balaban J connectivity index is 2.27. The Morgan fingerprint density at radius 2 is 1.43 bits per heavy atom. The summed E-state index contributed by atoms with van der Waals surface area (Å²) in [6, 6.07) is 1.68. The van der Waals surface area contributed by atoms with Gasteiger partial charge in [-0.2, -0.15) is 12.6 Å². The predicted molar refractivity (Wildman–Crippen MR) is 135 cm³/mol. The van der Waals surface area contributed by atoms with Crippen LogP contribution in [0.1, 0.15) is 18.4 Å². The fraction of sp³-hybridized carbons (Fsp3) is 0.364. The summed E-state index contributed by atoms with van der Waals surface area (Å²) in [5, 5.41) is 17.1. The molecule has 11 N–H and O–H groups in total. The van der Waals surface area contributed by atoms with Crippen molar-refractivity contribution in [1.29, 1.82) is 0 Å². The number of amides is 5. The van der Waals surface area contributed by atoms with E-state index in [-0.39, 0.29) is 12.2 Å². The molecule has 1 aromatic heterocycles. The zero-order valence-corrected chi connectivity index (χ0v) is 20.5. The van der Waals surface area contributed by atoms with Crippen LogP contribution < -0.4 is 33.2 Å². The van der Waals surface area contributed by atoms with Crippen LogP contribution in [0, 0.1) is 0 Å². The minimum absolute atomic E-state index is 0.0705. The molecule has 2 aromatic rings. The van der Waals surface area contributed by atoms with Crippen LogP contribution in [0.2, 0.25) is 0 Å². The maximum Gasteiger partial charge on any atom is 0.326 e. The van der Waals surface area contributed by atoms with Gasteiger partial charge in [-0.25, -0.2) is 4.79 Å². The van der Waals surface area contributed by atoms with Crippen molar-refractivity contribution in [3.05, 3.63) is 36.0 Å². The fourth-order valence-corrected chi connectivity index (χ4v) is 3.71. The number of thiol groups is 1. The SMILES string of the molecule is NC(=O)CC(N)C(=O)NC(CS)C(=O)NC(Cc1c[nH]c2ccccc12)C(=O)NC(CC(N)=O)C(=O)O. The highest BCUT2D eigenvalue weighted by molar-refractivity contribution is 7.80. The maximum atomic E-state index is 13.1. The third-order valence-corrected chi connectivity index (χ3v) is 5.69. The molecule has 0 aliphatic carbocycles. The van der Waals surface area contributed by atoms with Crippen LogP contribution >= 0.6 is 12.6 Å². The van der Waals surface area contributed by atoms with Gasteiger partial charge in [-0.1, -0.05) is 18.2 Å². The van der Waals surface area contributed by atoms with Gasteiger partial charge in [0.25, 0.3) is 0 Å². The normalized spacial score (nSPS) is 14.1. The molecule has 1 heterocycles. The third kappa shape index (κ3) is 8.50. The molecule has 0 saturated carbocycles. The van der Waals surface area contributed by atoms with E-state index in [1.165, 1.54) is 0 Å². The lowest BCUT2D eigenvalue weighted by Crippen LogP contribution is -2.58. The number of aliphatic carboxylic acids is 1. The van der Waals surface area contributed by atoms with Gasteiger partial charge >= 0.3 is 5.97 Å². The first-order valence-corrected chi connectivity index (χ1v) is 11.7. The first-order chi connectivity index (χ1) is 17.4. The number of nitrogens with one attached hydrogen (secondary N) is 4. The number of carboxylic acid groups (broad SMARTS) is 1. The molecule has 37 heavy (non-hydrogen) atoms. The zero-order valence-electron chi connectivity index (χ0n) is 19.6. The van der Waals surface area contributed by atoms with Crippen LogP contribution in [0.5, 0.6) is 0 Å². The van der Waals surface area contributed by atoms with Gasteiger partial charge in [0.1, 0.15) is 18.1 Å². The summed E-state index contributed by atoms with van der Waals surface area (Å²) >= 11 is 4.06. The average Bonchev–Trinajstić information content (AvgIpc) is 3.23. The summed E-state index contributed by atoms with van der Waals surface area (Å²) in [6.07, 6.45) is 0.450. The average molecular weight is 536 g/mol. The van der Waals surface area contributed by atoms with E-state index in [1.54, 1.807) is 24.4 Å². The molecule has 15 heteroatoms. The summed E-state index contributed by atoms with van der Waals surface area (Å²) in [4.78, 5) is 75.1. The summed E-state index contributed by atoms with van der Waals surface area (Å²) in [5.41, 5.74) is 17.1. The highest BCUT2D eigenvalue weighted by Gasteiger charge is 2.31. The van der Waals surface area contributed by atoms with E-state index in [4.69, 9.17) is 17.2 Å². The van der Waals surface area contributed by atoms with E-state index in [2.05, 4.69) is 33.6 Å². The monoisotopic (exact) mass is 535 g/mol. The van der Waals surface area contributed by atoms with Crippen molar-refractivity contribution >= 4 is 59.0 Å². The first-order valence-electron chi connectivity index (χ1n) is 11.0. The Hall–Kier alpha value is -4.11. The summed E-state index contributed by atoms with van der Waals surface area (Å²) in [6.45, 7) is 0. The highest BCUT2D eigenvalue weighted by atomic mass is 32.1. The Morgan fingerprint density at radius 1 is 0.865 bits per heavy atom. The van der Waals surface area contributed by atoms with Gasteiger partial charge in [-0.05, 0) is 11.6 Å². The number of carbonyl (C=O) groups is 6. The Bertz CT molecular complexity index is 1190. The molecule has 0 spiro atoms. The molecular formula is C22H29N7O7S. The number of fused-ring (bicyclic) bond motifs is 1. The van der Waals surface area contributed by atoms with E-state index >= 15 is 0 Å². The number of benzene rings is 1. The lowest BCUT2D eigenvalue weighted by molar-refractivity contribution is -0.143. The van der Waals surface area contributed by atoms with Gasteiger partial charge in [-0.3, -0.25) is 24.0 Å². The van der Waals surface area contributed by atoms with Crippen LogP contribution in [0.15, 0.2) is 30.5 Å². The smallest absolute Gasteiger partial charge is 0.326 e. The minimum atomic E-state index is -1.63. The molecule has 14 nitrogen and oxygen atoms in total. The maximum absolute atomic E-state index is 13.1. The largest absolute Gasteiger partial charge is 0.480 e. The molecule has 0 aliphatic rings. The number of hydrogen-bond donors (Lipinski definition) is 9. The summed E-state index contributed by atoms with van der Waals surface area (Å²) in [5.74, 6) is -6.00. The Labute approximate surface area is 216 Å². The fourth-order valence-electron chi connectivity index (χ4n) is 3.46. The standard InChI is InChI=1S/C22H29N7O7S/c23-12(6-17(24)30)19(32)29-16(9-37)21(34)27-14(20(33)28-15(22(35)36)7-18(25)31)5-10-8-26-13-4-2-1-3-11(10)13/h1-4,8,12,14-16,26,37H,5-7,9,23H2,(H2,24,30)(H2,25,31)(H,27,34)(H,28,33)(H,29,32)(H,35,36). The third-order valence-electron chi connectivity index (χ3n) is 5.33. The van der Waals surface area contributed by atoms with Crippen molar-refractivity contribution in [3.63, 3.8) is 0 Å². The van der Waals surface area contributed by atoms with Gasteiger partial charge in [0.2, 0.25) is 29.5 Å². The van der Waals surface area contributed by atoms with Crippen LogP contribution in [0.3, 0.4) is 0 Å². The number of aromatic amines is 1. The number of nitrogens with two attached hydrogens (primary N) is 3. The molecule has 2 rings (SSSR count). The second-order valence-corrected chi connectivity index (χ2v) is 8.58. The van der Waals surface area contributed by atoms with Gasteiger partial charge in [0, 0.05) is 29.3 Å². The van der Waals surface area contributed by atoms with Crippen LogP contribution in [-0.2, 0) is 35.2 Å². The molecule has 200 valence electrons. The van der Waals surface area contributed by atoms with Gasteiger partial charge in [0.05, 0.1) is 18.9 Å². The van der Waals surface area contributed by atoms with Gasteiger partial charge < -0.3 is 43.2 Å². The summed E-state index contributed by atoms with van der Waals surface area (Å²) in [7, 11) is 0. The van der Waals surface area contributed by atoms with E-state index in [1.807, 2.05) is 6.07 Å². The topological polar surface area (TPSA) is 253 Å². The van der Waals surface area contributed by atoms with Crippen LogP contribution in [0.4, 0.5) is 0 Å².